The van der Waals surface area contributed by atoms with E-state index in [0.29, 0.717) is 5.56 Å². The van der Waals surface area contributed by atoms with Crippen molar-refractivity contribution in [1.82, 2.24) is 5.32 Å². The quantitative estimate of drug-likeness (QED) is 0.734. The molecule has 4 heteroatoms. The van der Waals surface area contributed by atoms with Gasteiger partial charge in [-0.25, -0.2) is 0 Å². The van der Waals surface area contributed by atoms with Crippen molar-refractivity contribution in [3.05, 3.63) is 41.1 Å². The predicted molar refractivity (Wildman–Crippen MR) is 58.1 cm³/mol. The van der Waals surface area contributed by atoms with Crippen LogP contribution in [-0.4, -0.2) is 5.91 Å². The lowest BCUT2D eigenvalue weighted by atomic mass is 10.0. The molecule has 3 N–H and O–H groups in total. The van der Waals surface area contributed by atoms with E-state index in [0.717, 1.165) is 12.1 Å². The minimum Gasteiger partial charge on any atom is -0.387 e. The van der Waals surface area contributed by atoms with Crippen LogP contribution in [0.25, 0.3) is 6.08 Å². The minimum absolute atomic E-state index is 0. The Balaban J connectivity index is 0.000000980. The molecule has 1 aliphatic rings. The fourth-order valence-corrected chi connectivity index (χ4v) is 1.38. The van der Waals surface area contributed by atoms with E-state index in [1.165, 1.54) is 5.56 Å². The Kier molecular flexibility index (Phi) is 3.14. The van der Waals surface area contributed by atoms with Gasteiger partial charge in [-0.05, 0) is 35.5 Å². The van der Waals surface area contributed by atoms with Gasteiger partial charge >= 0.3 is 0 Å². The highest BCUT2D eigenvalue weighted by atomic mass is 35.5. The maximum atomic E-state index is 10.9. The zero-order valence-electron chi connectivity index (χ0n) is 7.49. The molecule has 0 saturated carbocycles. The van der Waals surface area contributed by atoms with Crippen molar-refractivity contribution in [2.45, 2.75) is 6.54 Å². The molecule has 1 aromatic carbocycles. The van der Waals surface area contributed by atoms with Crippen LogP contribution < -0.4 is 11.1 Å². The van der Waals surface area contributed by atoms with Crippen LogP contribution in [0.3, 0.4) is 0 Å². The summed E-state index contributed by atoms with van der Waals surface area (Å²) < 4.78 is 0. The van der Waals surface area contributed by atoms with Gasteiger partial charge in [-0.2, -0.15) is 0 Å². The summed E-state index contributed by atoms with van der Waals surface area (Å²) in [5.41, 5.74) is 7.98. The second-order valence-corrected chi connectivity index (χ2v) is 2.99. The van der Waals surface area contributed by atoms with E-state index in [-0.39, 0.29) is 18.3 Å². The van der Waals surface area contributed by atoms with Crippen LogP contribution in [0.5, 0.6) is 0 Å². The maximum absolute atomic E-state index is 10.9. The molecule has 0 aromatic heterocycles. The molecule has 0 spiro atoms. The van der Waals surface area contributed by atoms with Crippen molar-refractivity contribution >= 4 is 24.4 Å². The van der Waals surface area contributed by atoms with Crippen LogP contribution in [0, 0.1) is 0 Å². The molecule has 0 atom stereocenters. The third kappa shape index (κ3) is 1.88. The van der Waals surface area contributed by atoms with Crippen LogP contribution in [-0.2, 0) is 6.54 Å². The lowest BCUT2D eigenvalue weighted by molar-refractivity contribution is 0.100. The number of halogens is 1. The van der Waals surface area contributed by atoms with Gasteiger partial charge in [-0.3, -0.25) is 4.79 Å². The number of nitrogens with one attached hydrogen (secondary N) is 1. The molecule has 0 bridgehead atoms. The van der Waals surface area contributed by atoms with Gasteiger partial charge in [0.25, 0.3) is 0 Å². The molecule has 2 rings (SSSR count). The number of fused-ring (bicyclic) bond motifs is 1. The molecule has 0 saturated heterocycles. The average Bonchev–Trinajstić information content (AvgIpc) is 2.17. The normalized spacial score (nSPS) is 12.3. The summed E-state index contributed by atoms with van der Waals surface area (Å²) in [7, 11) is 0. The largest absolute Gasteiger partial charge is 0.387 e. The number of nitrogens with two attached hydrogens (primary N) is 1. The van der Waals surface area contributed by atoms with Crippen molar-refractivity contribution in [2.75, 3.05) is 0 Å². The molecule has 0 radical (unpaired) electrons. The number of hydrogen-bond donors (Lipinski definition) is 2. The topological polar surface area (TPSA) is 55.1 Å². The third-order valence-electron chi connectivity index (χ3n) is 2.10. The summed E-state index contributed by atoms with van der Waals surface area (Å²) in [4.78, 5) is 10.9. The molecule has 0 unspecified atom stereocenters. The molecule has 3 nitrogen and oxygen atoms in total. The first-order chi connectivity index (χ1) is 6.27. The highest BCUT2D eigenvalue weighted by Gasteiger charge is 2.06. The smallest absolute Gasteiger partial charge is 0.248 e. The van der Waals surface area contributed by atoms with Gasteiger partial charge in [0.2, 0.25) is 5.91 Å². The second kappa shape index (κ2) is 4.15. The first-order valence-corrected chi connectivity index (χ1v) is 4.10. The Bertz CT molecular complexity index is 388. The van der Waals surface area contributed by atoms with E-state index < -0.39 is 0 Å². The summed E-state index contributed by atoms with van der Waals surface area (Å²) in [6, 6.07) is 5.49. The van der Waals surface area contributed by atoms with Crippen molar-refractivity contribution < 1.29 is 4.79 Å². The third-order valence-corrected chi connectivity index (χ3v) is 2.10. The average molecular weight is 211 g/mol. The van der Waals surface area contributed by atoms with Crippen LogP contribution in [0.2, 0.25) is 0 Å². The van der Waals surface area contributed by atoms with E-state index in [9.17, 15) is 4.79 Å². The first kappa shape index (κ1) is 10.6. The van der Waals surface area contributed by atoms with Crippen molar-refractivity contribution in [2.24, 2.45) is 5.73 Å². The number of benzene rings is 1. The Labute approximate surface area is 88.4 Å². The van der Waals surface area contributed by atoms with E-state index in [2.05, 4.69) is 5.32 Å². The SMILES string of the molecule is Cl.NC(=O)c1ccc2c(c1)C=CNC2. The van der Waals surface area contributed by atoms with Gasteiger partial charge in [0, 0.05) is 12.1 Å². The molecule has 1 aliphatic heterocycles. The molecule has 1 heterocycles. The number of carbonyl (C=O) groups is 1. The van der Waals surface area contributed by atoms with Gasteiger partial charge < -0.3 is 11.1 Å². The Morgan fingerprint density at radius 3 is 2.93 bits per heavy atom. The highest BCUT2D eigenvalue weighted by Crippen LogP contribution is 2.16. The number of primary amides is 1. The lowest BCUT2D eigenvalue weighted by Crippen LogP contribution is -2.14. The van der Waals surface area contributed by atoms with Crippen LogP contribution in [0.1, 0.15) is 21.5 Å². The molecule has 0 fully saturated rings. The van der Waals surface area contributed by atoms with Gasteiger partial charge in [-0.15, -0.1) is 12.4 Å². The zero-order valence-corrected chi connectivity index (χ0v) is 8.30. The van der Waals surface area contributed by atoms with Crippen LogP contribution in [0.4, 0.5) is 0 Å². The van der Waals surface area contributed by atoms with E-state index in [1.54, 1.807) is 6.07 Å². The first-order valence-electron chi connectivity index (χ1n) is 4.10. The minimum atomic E-state index is -0.380. The van der Waals surface area contributed by atoms with Crippen LogP contribution >= 0.6 is 12.4 Å². The molecule has 1 aromatic rings. The lowest BCUT2D eigenvalue weighted by Gasteiger charge is -2.12. The van der Waals surface area contributed by atoms with Gasteiger partial charge in [0.05, 0.1) is 0 Å². The van der Waals surface area contributed by atoms with E-state index >= 15 is 0 Å². The van der Waals surface area contributed by atoms with E-state index in [1.807, 2.05) is 24.4 Å². The molecule has 1 amide bonds. The van der Waals surface area contributed by atoms with Gasteiger partial charge in [-0.1, -0.05) is 6.07 Å². The molecular formula is C10H11ClN2O. The summed E-state index contributed by atoms with van der Waals surface area (Å²) in [5, 5.41) is 3.09. The van der Waals surface area contributed by atoms with Gasteiger partial charge in [0.1, 0.15) is 0 Å². The standard InChI is InChI=1S/C10H10N2O.ClH/c11-10(13)8-1-2-9-6-12-4-3-7(9)5-8;/h1-5,12H,6H2,(H2,11,13);1H. The van der Waals surface area contributed by atoms with Crippen molar-refractivity contribution in [3.63, 3.8) is 0 Å². The summed E-state index contributed by atoms with van der Waals surface area (Å²) in [5.74, 6) is -0.380. The van der Waals surface area contributed by atoms with Crippen LogP contribution in [0.15, 0.2) is 24.4 Å². The number of rotatable bonds is 1. The monoisotopic (exact) mass is 210 g/mol. The Morgan fingerprint density at radius 1 is 1.43 bits per heavy atom. The molecule has 14 heavy (non-hydrogen) atoms. The number of amides is 1. The number of hydrogen-bond acceptors (Lipinski definition) is 2. The zero-order chi connectivity index (χ0) is 9.26. The number of carbonyl (C=O) groups excluding carboxylic acids is 1. The molecule has 74 valence electrons. The maximum Gasteiger partial charge on any atom is 0.248 e. The van der Waals surface area contributed by atoms with Crippen molar-refractivity contribution in [1.29, 1.82) is 0 Å². The summed E-state index contributed by atoms with van der Waals surface area (Å²) in [6.07, 6.45) is 3.80. The fraction of sp³-hybridized carbons (Fsp3) is 0.100. The summed E-state index contributed by atoms with van der Waals surface area (Å²) in [6.45, 7) is 0.810. The van der Waals surface area contributed by atoms with E-state index in [4.69, 9.17) is 5.73 Å². The second-order valence-electron chi connectivity index (χ2n) is 2.99. The molecular weight excluding hydrogens is 200 g/mol. The Hall–Kier alpha value is -1.48. The molecule has 0 aliphatic carbocycles. The predicted octanol–water partition coefficient (Wildman–Crippen LogP) is 1.28. The summed E-state index contributed by atoms with van der Waals surface area (Å²) >= 11 is 0. The van der Waals surface area contributed by atoms with Gasteiger partial charge in [0.15, 0.2) is 0 Å². The highest BCUT2D eigenvalue weighted by molar-refractivity contribution is 5.93. The van der Waals surface area contributed by atoms with Crippen molar-refractivity contribution in [3.8, 4) is 0 Å². The Morgan fingerprint density at radius 2 is 2.21 bits per heavy atom. The fourth-order valence-electron chi connectivity index (χ4n) is 1.38.